The number of halogens is 3. The van der Waals surface area contributed by atoms with Crippen molar-refractivity contribution in [3.8, 4) is 0 Å². The molecule has 0 amide bonds. The molecule has 0 N–H and O–H groups in total. The third kappa shape index (κ3) is 4.18. The molecule has 2 atom stereocenters. The molecule has 0 spiro atoms. The molecular formula is C11H18F3NO2. The zero-order valence-electron chi connectivity index (χ0n) is 10.1. The molecule has 0 aromatic rings. The lowest BCUT2D eigenvalue weighted by molar-refractivity contribution is -0.187. The van der Waals surface area contributed by atoms with Gasteiger partial charge in [-0.3, -0.25) is 4.79 Å². The van der Waals surface area contributed by atoms with E-state index >= 15 is 0 Å². The fourth-order valence-electron chi connectivity index (χ4n) is 2.15. The summed E-state index contributed by atoms with van der Waals surface area (Å²) < 4.78 is 42.2. The van der Waals surface area contributed by atoms with Crippen LogP contribution in [0.3, 0.4) is 0 Å². The van der Waals surface area contributed by atoms with Crippen LogP contribution in [0.5, 0.6) is 0 Å². The highest BCUT2D eigenvalue weighted by atomic mass is 19.4. The smallest absolute Gasteiger partial charge is 0.393 e. The van der Waals surface area contributed by atoms with E-state index in [9.17, 15) is 18.0 Å². The van der Waals surface area contributed by atoms with Crippen molar-refractivity contribution in [3.05, 3.63) is 0 Å². The molecule has 0 aromatic carbocycles. The van der Waals surface area contributed by atoms with Gasteiger partial charge in [-0.15, -0.1) is 0 Å². The van der Waals surface area contributed by atoms with Gasteiger partial charge in [-0.2, -0.15) is 13.2 Å². The number of piperidine rings is 1. The van der Waals surface area contributed by atoms with Crippen LogP contribution in [0.15, 0.2) is 0 Å². The second-order valence-electron chi connectivity index (χ2n) is 4.56. The summed E-state index contributed by atoms with van der Waals surface area (Å²) in [6.45, 7) is 2.61. The Hall–Kier alpha value is -0.780. The summed E-state index contributed by atoms with van der Waals surface area (Å²) >= 11 is 0. The van der Waals surface area contributed by atoms with Gasteiger partial charge >= 0.3 is 12.1 Å². The second kappa shape index (κ2) is 5.71. The Kier molecular flexibility index (Phi) is 4.80. The molecule has 0 aromatic heterocycles. The molecule has 1 fully saturated rings. The first-order valence-electron chi connectivity index (χ1n) is 5.71. The van der Waals surface area contributed by atoms with Gasteiger partial charge in [0.2, 0.25) is 0 Å². The molecule has 1 heterocycles. The van der Waals surface area contributed by atoms with Crippen molar-refractivity contribution >= 4 is 5.97 Å². The largest absolute Gasteiger partial charge is 0.469 e. The van der Waals surface area contributed by atoms with Crippen LogP contribution in [0.2, 0.25) is 0 Å². The first-order chi connectivity index (χ1) is 7.84. The minimum Gasteiger partial charge on any atom is -0.469 e. The number of nitrogens with zero attached hydrogens (tertiary/aromatic N) is 1. The summed E-state index contributed by atoms with van der Waals surface area (Å²) in [5.41, 5.74) is 0. The van der Waals surface area contributed by atoms with E-state index < -0.39 is 12.1 Å². The minimum absolute atomic E-state index is 0.00909. The lowest BCUT2D eigenvalue weighted by atomic mass is 9.96. The number of alkyl halides is 3. The van der Waals surface area contributed by atoms with Gasteiger partial charge in [0, 0.05) is 13.1 Å². The van der Waals surface area contributed by atoms with Crippen molar-refractivity contribution < 1.29 is 22.7 Å². The first kappa shape index (κ1) is 14.3. The Morgan fingerprint density at radius 3 is 2.71 bits per heavy atom. The summed E-state index contributed by atoms with van der Waals surface area (Å²) in [4.78, 5) is 12.9. The van der Waals surface area contributed by atoms with Gasteiger partial charge in [-0.05, 0) is 19.4 Å². The number of hydrogen-bond acceptors (Lipinski definition) is 3. The number of esters is 1. The molecule has 1 aliphatic rings. The molecule has 17 heavy (non-hydrogen) atoms. The monoisotopic (exact) mass is 253 g/mol. The summed E-state index contributed by atoms with van der Waals surface area (Å²) in [6.07, 6.45) is -3.42. The van der Waals surface area contributed by atoms with Gasteiger partial charge in [0.05, 0.1) is 18.9 Å². The molecule has 3 nitrogen and oxygen atoms in total. The van der Waals surface area contributed by atoms with Crippen molar-refractivity contribution in [1.82, 2.24) is 4.90 Å². The van der Waals surface area contributed by atoms with Gasteiger partial charge in [0.25, 0.3) is 0 Å². The Morgan fingerprint density at radius 2 is 2.18 bits per heavy atom. The third-order valence-electron chi connectivity index (χ3n) is 3.10. The van der Waals surface area contributed by atoms with Crippen LogP contribution in [-0.2, 0) is 9.53 Å². The summed E-state index contributed by atoms with van der Waals surface area (Å²) in [5, 5.41) is 0. The molecule has 0 aliphatic carbocycles. The molecule has 1 aliphatic heterocycles. The van der Waals surface area contributed by atoms with Crippen molar-refractivity contribution in [2.24, 2.45) is 11.8 Å². The van der Waals surface area contributed by atoms with Crippen LogP contribution in [0.4, 0.5) is 13.2 Å². The molecule has 0 bridgehead atoms. The van der Waals surface area contributed by atoms with E-state index in [0.29, 0.717) is 19.5 Å². The third-order valence-corrected chi connectivity index (χ3v) is 3.10. The topological polar surface area (TPSA) is 29.5 Å². The zero-order valence-corrected chi connectivity index (χ0v) is 10.1. The maximum Gasteiger partial charge on any atom is 0.393 e. The minimum atomic E-state index is -4.13. The molecule has 0 saturated carbocycles. The average molecular weight is 253 g/mol. The Morgan fingerprint density at radius 1 is 1.53 bits per heavy atom. The highest BCUT2D eigenvalue weighted by Gasteiger charge is 2.41. The number of likely N-dealkylation sites (tertiary alicyclic amines) is 1. The predicted molar refractivity (Wildman–Crippen MR) is 56.4 cm³/mol. The van der Waals surface area contributed by atoms with Crippen LogP contribution in [0, 0.1) is 11.8 Å². The first-order valence-corrected chi connectivity index (χ1v) is 5.71. The van der Waals surface area contributed by atoms with E-state index in [1.165, 1.54) is 7.11 Å². The molecule has 6 heteroatoms. The quantitative estimate of drug-likeness (QED) is 0.721. The van der Waals surface area contributed by atoms with Crippen LogP contribution in [0.1, 0.15) is 19.8 Å². The van der Waals surface area contributed by atoms with Crippen LogP contribution < -0.4 is 0 Å². The number of hydrogen-bond donors (Lipinski definition) is 0. The van der Waals surface area contributed by atoms with Crippen molar-refractivity contribution in [2.75, 3.05) is 26.7 Å². The van der Waals surface area contributed by atoms with E-state index in [2.05, 4.69) is 4.74 Å². The molecule has 2 unspecified atom stereocenters. The predicted octanol–water partition coefficient (Wildman–Crippen LogP) is 2.07. The summed E-state index contributed by atoms with van der Waals surface area (Å²) in [6, 6.07) is 0. The normalized spacial score (nSPS) is 24.4. The SMILES string of the molecule is COC(=O)C(C)CN1CCCC(C(F)(F)F)C1. The lowest BCUT2D eigenvalue weighted by Gasteiger charge is -2.34. The fraction of sp³-hybridized carbons (Fsp3) is 0.909. The average Bonchev–Trinajstić information content (AvgIpc) is 2.27. The summed E-state index contributed by atoms with van der Waals surface area (Å²) in [5.74, 6) is -2.02. The van der Waals surface area contributed by atoms with E-state index in [1.54, 1.807) is 11.8 Å². The van der Waals surface area contributed by atoms with E-state index in [0.717, 1.165) is 0 Å². The summed E-state index contributed by atoms with van der Waals surface area (Å²) in [7, 11) is 1.29. The Labute approximate surface area is 98.9 Å². The van der Waals surface area contributed by atoms with Gasteiger partial charge in [0.15, 0.2) is 0 Å². The Bertz CT molecular complexity index is 268. The van der Waals surface area contributed by atoms with Gasteiger partial charge in [-0.1, -0.05) is 6.92 Å². The number of ether oxygens (including phenoxy) is 1. The maximum atomic E-state index is 12.6. The molecular weight excluding hydrogens is 235 g/mol. The highest BCUT2D eigenvalue weighted by molar-refractivity contribution is 5.72. The van der Waals surface area contributed by atoms with E-state index in [-0.39, 0.29) is 24.9 Å². The maximum absolute atomic E-state index is 12.6. The number of carbonyl (C=O) groups excluding carboxylic acids is 1. The van der Waals surface area contributed by atoms with Crippen LogP contribution >= 0.6 is 0 Å². The standard InChI is InChI=1S/C11H18F3NO2/c1-8(10(16)17-2)6-15-5-3-4-9(7-15)11(12,13)14/h8-9H,3-7H2,1-2H3. The second-order valence-corrected chi connectivity index (χ2v) is 4.56. The molecule has 1 saturated heterocycles. The van der Waals surface area contributed by atoms with Crippen molar-refractivity contribution in [2.45, 2.75) is 25.9 Å². The lowest BCUT2D eigenvalue weighted by Crippen LogP contribution is -2.44. The van der Waals surface area contributed by atoms with E-state index in [1.807, 2.05) is 0 Å². The molecule has 100 valence electrons. The van der Waals surface area contributed by atoms with Crippen molar-refractivity contribution in [1.29, 1.82) is 0 Å². The van der Waals surface area contributed by atoms with Gasteiger partial charge in [-0.25, -0.2) is 0 Å². The number of carbonyl (C=O) groups is 1. The highest BCUT2D eigenvalue weighted by Crippen LogP contribution is 2.33. The number of rotatable bonds is 3. The van der Waals surface area contributed by atoms with Crippen molar-refractivity contribution in [3.63, 3.8) is 0 Å². The molecule has 1 rings (SSSR count). The number of methoxy groups -OCH3 is 1. The van der Waals surface area contributed by atoms with Gasteiger partial charge in [0.1, 0.15) is 0 Å². The fourth-order valence-corrected chi connectivity index (χ4v) is 2.15. The van der Waals surface area contributed by atoms with Crippen LogP contribution in [-0.4, -0.2) is 43.8 Å². The molecule has 0 radical (unpaired) electrons. The Balaban J connectivity index is 2.47. The van der Waals surface area contributed by atoms with Crippen LogP contribution in [0.25, 0.3) is 0 Å². The van der Waals surface area contributed by atoms with Gasteiger partial charge < -0.3 is 9.64 Å². The van der Waals surface area contributed by atoms with E-state index in [4.69, 9.17) is 0 Å². The zero-order chi connectivity index (χ0) is 13.1.